The molecule has 0 saturated carbocycles. The van der Waals surface area contributed by atoms with Crippen LogP contribution in [0.25, 0.3) is 33.4 Å². The fraction of sp³-hybridized carbons (Fsp3) is 0.0333. The van der Waals surface area contributed by atoms with Gasteiger partial charge in [0.05, 0.1) is 5.57 Å². The van der Waals surface area contributed by atoms with Crippen molar-refractivity contribution in [1.29, 1.82) is 26.3 Å². The number of fused-ring (bicyclic) bond motifs is 4. The maximum Gasteiger partial charge on any atom is 0.573 e. The summed E-state index contributed by atoms with van der Waals surface area (Å²) in [5.41, 5.74) is 3.51. The van der Waals surface area contributed by atoms with Gasteiger partial charge in [-0.3, -0.25) is 0 Å². The second-order valence-corrected chi connectivity index (χ2v) is 8.37. The van der Waals surface area contributed by atoms with Gasteiger partial charge in [-0.25, -0.2) is 0 Å². The second-order valence-electron chi connectivity index (χ2n) is 8.37. The minimum atomic E-state index is -4.94. The molecule has 0 radical (unpaired) electrons. The highest BCUT2D eigenvalue weighted by Gasteiger charge is 2.35. The third kappa shape index (κ3) is 3.87. The molecule has 0 fully saturated rings. The molecule has 5 rings (SSSR count). The number of allylic oxidation sites excluding steroid dienone is 5. The van der Waals surface area contributed by atoms with Gasteiger partial charge in [0.25, 0.3) is 0 Å². The summed E-state index contributed by atoms with van der Waals surface area (Å²) in [6.07, 6.45) is -4.94. The van der Waals surface area contributed by atoms with Crippen LogP contribution in [0.4, 0.5) is 13.2 Å². The highest BCUT2D eigenvalue weighted by molar-refractivity contribution is 6.26. The van der Waals surface area contributed by atoms with E-state index in [0.29, 0.717) is 39.0 Å². The lowest BCUT2D eigenvalue weighted by atomic mass is 9.90. The first-order valence-corrected chi connectivity index (χ1v) is 11.1. The number of hydrogen-bond acceptors (Lipinski definition) is 6. The van der Waals surface area contributed by atoms with Crippen molar-refractivity contribution < 1.29 is 17.9 Å². The Morgan fingerprint density at radius 2 is 1.18 bits per heavy atom. The minimum absolute atomic E-state index is 0.111. The number of rotatable bonds is 2. The molecule has 3 aromatic rings. The first-order chi connectivity index (χ1) is 18.8. The Labute approximate surface area is 219 Å². The van der Waals surface area contributed by atoms with E-state index in [1.165, 1.54) is 6.07 Å². The SMILES string of the molecule is N#CC(C#N)=C1C(c2ccc3c(c2)C(=C(C#N)C#N)c2cc(OC(F)(F)F)ccc2-3)=C(C#N)c2ccccc21. The molecule has 39 heavy (non-hydrogen) atoms. The molecule has 0 bridgehead atoms. The summed E-state index contributed by atoms with van der Waals surface area (Å²) in [4.78, 5) is 0. The van der Waals surface area contributed by atoms with Crippen LogP contribution in [-0.2, 0) is 0 Å². The number of alkyl halides is 3. The summed E-state index contributed by atoms with van der Waals surface area (Å²) in [5, 5.41) is 48.8. The van der Waals surface area contributed by atoms with E-state index in [-0.39, 0.29) is 33.4 Å². The fourth-order valence-electron chi connectivity index (χ4n) is 4.97. The van der Waals surface area contributed by atoms with Crippen LogP contribution in [0.3, 0.4) is 0 Å². The van der Waals surface area contributed by atoms with Gasteiger partial charge in [-0.2, -0.15) is 26.3 Å². The lowest BCUT2D eigenvalue weighted by Crippen LogP contribution is -2.17. The predicted octanol–water partition coefficient (Wildman–Crippen LogP) is 6.66. The topological polar surface area (TPSA) is 128 Å². The molecule has 0 aromatic heterocycles. The van der Waals surface area contributed by atoms with Crippen molar-refractivity contribution in [2.45, 2.75) is 6.36 Å². The highest BCUT2D eigenvalue weighted by Crippen LogP contribution is 2.51. The van der Waals surface area contributed by atoms with E-state index in [4.69, 9.17) is 0 Å². The molecule has 0 aliphatic heterocycles. The maximum atomic E-state index is 12.9. The van der Waals surface area contributed by atoms with E-state index in [1.807, 2.05) is 24.3 Å². The molecule has 0 N–H and O–H groups in total. The van der Waals surface area contributed by atoms with Gasteiger partial charge in [-0.15, -0.1) is 13.2 Å². The lowest BCUT2D eigenvalue weighted by molar-refractivity contribution is -0.274. The summed E-state index contributed by atoms with van der Waals surface area (Å²) in [6, 6.07) is 25.0. The third-order valence-corrected chi connectivity index (χ3v) is 6.39. The average Bonchev–Trinajstić information content (AvgIpc) is 3.42. The Morgan fingerprint density at radius 3 is 1.77 bits per heavy atom. The summed E-state index contributed by atoms with van der Waals surface area (Å²) < 4.78 is 42.7. The van der Waals surface area contributed by atoms with Crippen LogP contribution in [0.2, 0.25) is 0 Å². The lowest BCUT2D eigenvalue weighted by Gasteiger charge is -2.11. The summed E-state index contributed by atoms with van der Waals surface area (Å²) in [5.74, 6) is -0.513. The van der Waals surface area contributed by atoms with Crippen LogP contribution in [0.5, 0.6) is 5.75 Å². The van der Waals surface area contributed by atoms with Gasteiger partial charge >= 0.3 is 6.36 Å². The quantitative estimate of drug-likeness (QED) is 0.276. The first-order valence-electron chi connectivity index (χ1n) is 11.1. The molecule has 2 aliphatic carbocycles. The molecule has 0 heterocycles. The Kier molecular flexibility index (Phi) is 5.74. The molecule has 9 heteroatoms. The normalized spacial score (nSPS) is 12.7. The zero-order chi connectivity index (χ0) is 27.9. The average molecular weight is 513 g/mol. The third-order valence-electron chi connectivity index (χ3n) is 6.39. The summed E-state index contributed by atoms with van der Waals surface area (Å²) in [6.45, 7) is 0. The monoisotopic (exact) mass is 513 g/mol. The number of hydrogen-bond donors (Lipinski definition) is 0. The largest absolute Gasteiger partial charge is 0.573 e. The number of benzene rings is 3. The van der Waals surface area contributed by atoms with Crippen LogP contribution in [0, 0.1) is 56.7 Å². The molecule has 0 unspecified atom stereocenters. The van der Waals surface area contributed by atoms with Gasteiger partial charge in [0.1, 0.15) is 47.2 Å². The van der Waals surface area contributed by atoms with E-state index in [1.54, 1.807) is 42.5 Å². The number of ether oxygens (including phenoxy) is 1. The van der Waals surface area contributed by atoms with Crippen LogP contribution in [-0.4, -0.2) is 6.36 Å². The van der Waals surface area contributed by atoms with Crippen LogP contribution >= 0.6 is 0 Å². The standard InChI is InChI=1S/C30H10F3N5O/c31-30(32,33)39-19-6-8-22-21-7-5-16(9-24(21)27(25(22)10-19)17(11-34)12-35)28-26(15-38)20-3-1-2-4-23(20)29(28)18(13-36)14-37/h1-10H. The molecule has 182 valence electrons. The van der Waals surface area contributed by atoms with Gasteiger partial charge in [0, 0.05) is 22.3 Å². The number of halogens is 3. The molecule has 3 aromatic carbocycles. The highest BCUT2D eigenvalue weighted by atomic mass is 19.4. The molecule has 6 nitrogen and oxygen atoms in total. The van der Waals surface area contributed by atoms with E-state index in [9.17, 15) is 39.5 Å². The van der Waals surface area contributed by atoms with Crippen LogP contribution < -0.4 is 4.74 Å². The maximum absolute atomic E-state index is 12.9. The first kappa shape index (κ1) is 24.6. The Morgan fingerprint density at radius 1 is 0.615 bits per heavy atom. The van der Waals surface area contributed by atoms with E-state index in [2.05, 4.69) is 10.8 Å². The van der Waals surface area contributed by atoms with E-state index >= 15 is 0 Å². The van der Waals surface area contributed by atoms with Gasteiger partial charge in [-0.1, -0.05) is 42.5 Å². The zero-order valence-electron chi connectivity index (χ0n) is 19.6. The van der Waals surface area contributed by atoms with Crippen molar-refractivity contribution in [2.24, 2.45) is 0 Å². The summed E-state index contributed by atoms with van der Waals surface area (Å²) >= 11 is 0. The summed E-state index contributed by atoms with van der Waals surface area (Å²) in [7, 11) is 0. The van der Waals surface area contributed by atoms with E-state index < -0.39 is 12.1 Å². The zero-order valence-corrected chi connectivity index (χ0v) is 19.6. The molecule has 2 aliphatic rings. The van der Waals surface area contributed by atoms with Crippen LogP contribution in [0.15, 0.2) is 71.8 Å². The van der Waals surface area contributed by atoms with Crippen molar-refractivity contribution in [2.75, 3.05) is 0 Å². The van der Waals surface area contributed by atoms with Crippen molar-refractivity contribution in [1.82, 2.24) is 0 Å². The fourth-order valence-corrected chi connectivity index (χ4v) is 4.97. The molecule has 0 spiro atoms. The van der Waals surface area contributed by atoms with Crippen LogP contribution in [0.1, 0.15) is 27.8 Å². The predicted molar refractivity (Wildman–Crippen MR) is 133 cm³/mol. The van der Waals surface area contributed by atoms with Crippen molar-refractivity contribution in [3.8, 4) is 47.2 Å². The number of nitrogens with zero attached hydrogens (tertiary/aromatic N) is 5. The van der Waals surface area contributed by atoms with E-state index in [0.717, 1.165) is 12.1 Å². The van der Waals surface area contributed by atoms with Crippen molar-refractivity contribution in [3.63, 3.8) is 0 Å². The van der Waals surface area contributed by atoms with Crippen molar-refractivity contribution >= 4 is 22.3 Å². The Bertz CT molecular complexity index is 1900. The molecule has 0 atom stereocenters. The van der Waals surface area contributed by atoms with Crippen molar-refractivity contribution in [3.05, 3.63) is 99.6 Å². The van der Waals surface area contributed by atoms with Gasteiger partial charge in [0.2, 0.25) is 0 Å². The van der Waals surface area contributed by atoms with Gasteiger partial charge in [-0.05, 0) is 51.6 Å². The second kappa shape index (κ2) is 9.10. The number of nitriles is 5. The van der Waals surface area contributed by atoms with Gasteiger partial charge < -0.3 is 4.74 Å². The minimum Gasteiger partial charge on any atom is -0.406 e. The van der Waals surface area contributed by atoms with Gasteiger partial charge in [0.15, 0.2) is 0 Å². The molecule has 0 amide bonds. The molecule has 0 saturated heterocycles. The molecular formula is C30H10F3N5O. The Balaban J connectivity index is 1.79. The Hall–Kier alpha value is -6.08. The molecular weight excluding hydrogens is 503 g/mol. The smallest absolute Gasteiger partial charge is 0.406 e.